The molecule has 0 amide bonds. The van der Waals surface area contributed by atoms with Crippen LogP contribution >= 0.6 is 0 Å². The lowest BCUT2D eigenvalue weighted by Gasteiger charge is -2.08. The molecule has 0 fully saturated rings. The van der Waals surface area contributed by atoms with Crippen molar-refractivity contribution in [1.29, 1.82) is 0 Å². The number of hydrogen-bond donors (Lipinski definition) is 2. The van der Waals surface area contributed by atoms with Crippen molar-refractivity contribution in [3.05, 3.63) is 39.4 Å². The van der Waals surface area contributed by atoms with Crippen LogP contribution in [0.3, 0.4) is 0 Å². The van der Waals surface area contributed by atoms with Gasteiger partial charge in [-0.05, 0) is 25.0 Å². The van der Waals surface area contributed by atoms with Gasteiger partial charge in [-0.3, -0.25) is 15.2 Å². The summed E-state index contributed by atoms with van der Waals surface area (Å²) in [6, 6.07) is 4.99. The standard InChI is InChI=1S/C13H16N4O2/c1-7(2)11-12(15-16-13(11)14)9-4-5-10(17(18)19)8(3)6-9/h4-7H,1-3H3,(H3,14,15,16). The van der Waals surface area contributed by atoms with E-state index in [1.165, 1.54) is 6.07 Å². The molecule has 6 heteroatoms. The van der Waals surface area contributed by atoms with Crippen molar-refractivity contribution in [2.24, 2.45) is 0 Å². The number of nitrogens with one attached hydrogen (secondary N) is 1. The zero-order chi connectivity index (χ0) is 14.2. The van der Waals surface area contributed by atoms with E-state index in [0.29, 0.717) is 11.4 Å². The first-order chi connectivity index (χ1) is 8.91. The Balaban J connectivity index is 2.54. The lowest BCUT2D eigenvalue weighted by Crippen LogP contribution is -1.96. The molecule has 0 saturated carbocycles. The van der Waals surface area contributed by atoms with Crippen molar-refractivity contribution in [2.75, 3.05) is 5.73 Å². The number of nitrogens with zero attached hydrogens (tertiary/aromatic N) is 2. The molecule has 100 valence electrons. The number of nitro benzene ring substituents is 1. The Kier molecular flexibility index (Phi) is 3.25. The number of benzene rings is 1. The molecule has 0 bridgehead atoms. The van der Waals surface area contributed by atoms with Gasteiger partial charge in [0, 0.05) is 22.8 Å². The van der Waals surface area contributed by atoms with Crippen LogP contribution in [0.4, 0.5) is 11.5 Å². The Morgan fingerprint density at radius 1 is 1.42 bits per heavy atom. The van der Waals surface area contributed by atoms with Gasteiger partial charge >= 0.3 is 0 Å². The third-order valence-electron chi connectivity index (χ3n) is 3.09. The van der Waals surface area contributed by atoms with E-state index in [1.807, 2.05) is 13.8 Å². The van der Waals surface area contributed by atoms with Gasteiger partial charge in [0.2, 0.25) is 0 Å². The largest absolute Gasteiger partial charge is 0.382 e. The molecule has 0 saturated heterocycles. The minimum absolute atomic E-state index is 0.113. The molecule has 0 aliphatic rings. The summed E-state index contributed by atoms with van der Waals surface area (Å²) in [4.78, 5) is 10.4. The Morgan fingerprint density at radius 3 is 2.63 bits per heavy atom. The van der Waals surface area contributed by atoms with Crippen LogP contribution in [-0.4, -0.2) is 15.1 Å². The molecule has 0 atom stereocenters. The van der Waals surface area contributed by atoms with E-state index in [2.05, 4.69) is 10.2 Å². The second kappa shape index (κ2) is 4.72. The fraction of sp³-hybridized carbons (Fsp3) is 0.308. The van der Waals surface area contributed by atoms with Gasteiger partial charge in [-0.15, -0.1) is 0 Å². The fourth-order valence-electron chi connectivity index (χ4n) is 2.18. The van der Waals surface area contributed by atoms with Crippen LogP contribution in [0.15, 0.2) is 18.2 Å². The highest BCUT2D eigenvalue weighted by Gasteiger charge is 2.18. The number of aromatic nitrogens is 2. The van der Waals surface area contributed by atoms with Crippen LogP contribution in [0.5, 0.6) is 0 Å². The third kappa shape index (κ3) is 2.29. The zero-order valence-corrected chi connectivity index (χ0v) is 11.1. The van der Waals surface area contributed by atoms with E-state index in [4.69, 9.17) is 5.73 Å². The molecule has 0 aliphatic heterocycles. The highest BCUT2D eigenvalue weighted by Crippen LogP contribution is 2.33. The topological polar surface area (TPSA) is 97.8 Å². The van der Waals surface area contributed by atoms with E-state index >= 15 is 0 Å². The predicted octanol–water partition coefficient (Wildman–Crippen LogP) is 3.00. The van der Waals surface area contributed by atoms with Gasteiger partial charge < -0.3 is 5.73 Å². The summed E-state index contributed by atoms with van der Waals surface area (Å²) >= 11 is 0. The third-order valence-corrected chi connectivity index (χ3v) is 3.09. The van der Waals surface area contributed by atoms with Gasteiger partial charge in [0.15, 0.2) is 0 Å². The van der Waals surface area contributed by atoms with Crippen LogP contribution in [0.2, 0.25) is 0 Å². The predicted molar refractivity (Wildman–Crippen MR) is 73.9 cm³/mol. The van der Waals surface area contributed by atoms with Gasteiger partial charge in [-0.25, -0.2) is 0 Å². The van der Waals surface area contributed by atoms with Crippen molar-refractivity contribution in [2.45, 2.75) is 26.7 Å². The number of H-pyrrole nitrogens is 1. The highest BCUT2D eigenvalue weighted by molar-refractivity contribution is 5.70. The Morgan fingerprint density at radius 2 is 2.11 bits per heavy atom. The first kappa shape index (κ1) is 13.1. The number of anilines is 1. The second-order valence-corrected chi connectivity index (χ2v) is 4.81. The van der Waals surface area contributed by atoms with Gasteiger partial charge in [0.05, 0.1) is 10.6 Å². The molecule has 1 aromatic carbocycles. The second-order valence-electron chi connectivity index (χ2n) is 4.81. The summed E-state index contributed by atoms with van der Waals surface area (Å²) < 4.78 is 0. The van der Waals surface area contributed by atoms with Gasteiger partial charge in [-0.2, -0.15) is 5.10 Å². The molecule has 0 spiro atoms. The van der Waals surface area contributed by atoms with E-state index in [0.717, 1.165) is 16.8 Å². The summed E-state index contributed by atoms with van der Waals surface area (Å²) in [5.41, 5.74) is 9.19. The quantitative estimate of drug-likeness (QED) is 0.654. The lowest BCUT2D eigenvalue weighted by atomic mass is 9.97. The minimum atomic E-state index is -0.385. The van der Waals surface area contributed by atoms with Gasteiger partial charge in [-0.1, -0.05) is 13.8 Å². The monoisotopic (exact) mass is 260 g/mol. The zero-order valence-electron chi connectivity index (χ0n) is 11.1. The van der Waals surface area contributed by atoms with Crippen LogP contribution in [0, 0.1) is 17.0 Å². The number of nitro groups is 1. The fourth-order valence-corrected chi connectivity index (χ4v) is 2.18. The van der Waals surface area contributed by atoms with Gasteiger partial charge in [0.1, 0.15) is 5.82 Å². The summed E-state index contributed by atoms with van der Waals surface area (Å²) in [7, 11) is 0. The maximum absolute atomic E-state index is 10.8. The molecule has 0 radical (unpaired) electrons. The molecule has 0 aliphatic carbocycles. The average Bonchev–Trinajstić information content (AvgIpc) is 2.70. The molecule has 1 aromatic heterocycles. The molecule has 3 N–H and O–H groups in total. The first-order valence-electron chi connectivity index (χ1n) is 6.01. The van der Waals surface area contributed by atoms with Crippen molar-refractivity contribution in [3.8, 4) is 11.3 Å². The molecule has 6 nitrogen and oxygen atoms in total. The Hall–Kier alpha value is -2.37. The van der Waals surface area contributed by atoms with Crippen molar-refractivity contribution in [1.82, 2.24) is 10.2 Å². The van der Waals surface area contributed by atoms with Crippen LogP contribution in [0.25, 0.3) is 11.3 Å². The smallest absolute Gasteiger partial charge is 0.272 e. The molecule has 0 unspecified atom stereocenters. The molecule has 2 rings (SSSR count). The highest BCUT2D eigenvalue weighted by atomic mass is 16.6. The van der Waals surface area contributed by atoms with Crippen molar-refractivity contribution < 1.29 is 4.92 Å². The van der Waals surface area contributed by atoms with E-state index < -0.39 is 0 Å². The minimum Gasteiger partial charge on any atom is -0.382 e. The number of aromatic amines is 1. The number of hydrogen-bond acceptors (Lipinski definition) is 4. The molecule has 2 aromatic rings. The van der Waals surface area contributed by atoms with E-state index in [1.54, 1.807) is 19.1 Å². The molecule has 1 heterocycles. The number of aryl methyl sites for hydroxylation is 1. The summed E-state index contributed by atoms with van der Waals surface area (Å²) in [6.07, 6.45) is 0. The Bertz CT molecular complexity index is 632. The van der Waals surface area contributed by atoms with Crippen LogP contribution in [0.1, 0.15) is 30.9 Å². The SMILES string of the molecule is Cc1cc(-c2[nH]nc(N)c2C(C)C)ccc1[N+](=O)[O-]. The maximum Gasteiger partial charge on any atom is 0.272 e. The van der Waals surface area contributed by atoms with Crippen LogP contribution < -0.4 is 5.73 Å². The number of nitrogens with two attached hydrogens (primary N) is 1. The Labute approximate surface area is 110 Å². The van der Waals surface area contributed by atoms with Crippen molar-refractivity contribution in [3.63, 3.8) is 0 Å². The lowest BCUT2D eigenvalue weighted by molar-refractivity contribution is -0.385. The summed E-state index contributed by atoms with van der Waals surface area (Å²) in [5, 5.41) is 17.7. The maximum atomic E-state index is 10.8. The van der Waals surface area contributed by atoms with Crippen LogP contribution in [-0.2, 0) is 0 Å². The van der Waals surface area contributed by atoms with E-state index in [-0.39, 0.29) is 16.5 Å². The number of nitrogen functional groups attached to an aromatic ring is 1. The average molecular weight is 260 g/mol. The van der Waals surface area contributed by atoms with Crippen molar-refractivity contribution >= 4 is 11.5 Å². The first-order valence-corrected chi connectivity index (χ1v) is 6.01. The number of rotatable bonds is 3. The van der Waals surface area contributed by atoms with Gasteiger partial charge in [0.25, 0.3) is 5.69 Å². The molecule has 19 heavy (non-hydrogen) atoms. The normalized spacial score (nSPS) is 10.9. The summed E-state index contributed by atoms with van der Waals surface area (Å²) in [5.74, 6) is 0.699. The van der Waals surface area contributed by atoms with E-state index in [9.17, 15) is 10.1 Å². The summed E-state index contributed by atoms with van der Waals surface area (Å²) in [6.45, 7) is 5.78. The molecular weight excluding hydrogens is 244 g/mol. The molecular formula is C13H16N4O2.